The maximum Gasteiger partial charge on any atom is 0.319 e. The van der Waals surface area contributed by atoms with Crippen LogP contribution in [0.4, 0.5) is 0 Å². The second-order valence-corrected chi connectivity index (χ2v) is 3.54. The molecule has 0 spiro atoms. The zero-order chi connectivity index (χ0) is 10.1. The largest absolute Gasteiger partial charge is 0.465 e. The lowest BCUT2D eigenvalue weighted by atomic mass is 10.1. The first-order valence-corrected chi connectivity index (χ1v) is 5.03. The zero-order valence-electron chi connectivity index (χ0n) is 8.93. The van der Waals surface area contributed by atoms with Crippen molar-refractivity contribution >= 4 is 5.97 Å². The smallest absolute Gasteiger partial charge is 0.319 e. The molecule has 0 saturated heterocycles. The molecule has 0 fully saturated rings. The van der Waals surface area contributed by atoms with Crippen LogP contribution in [0.25, 0.3) is 0 Å². The molecule has 0 radical (unpaired) electrons. The molecule has 0 aliphatic heterocycles. The van der Waals surface area contributed by atoms with E-state index in [1.807, 2.05) is 6.92 Å². The van der Waals surface area contributed by atoms with Gasteiger partial charge in [0.15, 0.2) is 0 Å². The molecule has 0 atom stereocenters. The molecule has 0 aromatic rings. The summed E-state index contributed by atoms with van der Waals surface area (Å²) in [7, 11) is 0. The molecule has 0 aliphatic carbocycles. The number of carbonyl (C=O) groups excluding carboxylic acids is 1. The van der Waals surface area contributed by atoms with E-state index >= 15 is 0 Å². The number of hydrogen-bond acceptors (Lipinski definition) is 3. The topological polar surface area (TPSA) is 38.3 Å². The van der Waals surface area contributed by atoms with Gasteiger partial charge in [-0.15, -0.1) is 0 Å². The van der Waals surface area contributed by atoms with Crippen LogP contribution in [-0.2, 0) is 9.53 Å². The van der Waals surface area contributed by atoms with Gasteiger partial charge in [0.2, 0.25) is 0 Å². The molecule has 0 rings (SSSR count). The molecule has 3 nitrogen and oxygen atoms in total. The van der Waals surface area contributed by atoms with E-state index in [1.54, 1.807) is 0 Å². The highest BCUT2D eigenvalue weighted by molar-refractivity contribution is 5.71. The number of rotatable bonds is 7. The molecule has 0 aromatic heterocycles. The molecule has 3 heteroatoms. The first-order valence-electron chi connectivity index (χ1n) is 5.03. The van der Waals surface area contributed by atoms with Crippen molar-refractivity contribution < 1.29 is 9.53 Å². The molecular weight excluding hydrogens is 166 g/mol. The van der Waals surface area contributed by atoms with Crippen LogP contribution in [0.1, 0.15) is 33.6 Å². The molecule has 1 N–H and O–H groups in total. The molecule has 0 unspecified atom stereocenters. The number of hydrogen-bond donors (Lipinski definition) is 1. The summed E-state index contributed by atoms with van der Waals surface area (Å²) in [5, 5.41) is 2.92. The van der Waals surface area contributed by atoms with Crippen molar-refractivity contribution in [2.45, 2.75) is 33.6 Å². The summed E-state index contributed by atoms with van der Waals surface area (Å²) in [5.74, 6) is 0.540. The van der Waals surface area contributed by atoms with Gasteiger partial charge < -0.3 is 10.1 Å². The van der Waals surface area contributed by atoms with Gasteiger partial charge in [-0.25, -0.2) is 0 Å². The van der Waals surface area contributed by atoms with E-state index in [-0.39, 0.29) is 5.97 Å². The average molecular weight is 187 g/mol. The van der Waals surface area contributed by atoms with Crippen LogP contribution in [0.2, 0.25) is 0 Å². The Hall–Kier alpha value is -0.570. The number of nitrogens with one attached hydrogen (secondary N) is 1. The van der Waals surface area contributed by atoms with Crippen LogP contribution >= 0.6 is 0 Å². The van der Waals surface area contributed by atoms with Gasteiger partial charge >= 0.3 is 5.97 Å². The molecule has 0 aliphatic rings. The van der Waals surface area contributed by atoms with Crippen LogP contribution in [0.5, 0.6) is 0 Å². The number of ether oxygens (including phenoxy) is 1. The van der Waals surface area contributed by atoms with Crippen molar-refractivity contribution in [2.75, 3.05) is 19.7 Å². The fourth-order valence-electron chi connectivity index (χ4n) is 0.956. The van der Waals surface area contributed by atoms with Gasteiger partial charge in [0.1, 0.15) is 0 Å². The summed E-state index contributed by atoms with van der Waals surface area (Å²) >= 11 is 0. The molecule has 78 valence electrons. The van der Waals surface area contributed by atoms with Crippen LogP contribution in [0, 0.1) is 5.92 Å². The minimum atomic E-state index is -0.148. The Kier molecular flexibility index (Phi) is 7.69. The summed E-state index contributed by atoms with van der Waals surface area (Å²) < 4.78 is 4.99. The van der Waals surface area contributed by atoms with E-state index in [2.05, 4.69) is 19.2 Å². The standard InChI is InChI=1S/C10H21NO2/c1-4-11-8-10(12)13-7-5-6-9(2)3/h9,11H,4-8H2,1-3H3. The van der Waals surface area contributed by atoms with E-state index in [4.69, 9.17) is 4.74 Å². The minimum absolute atomic E-state index is 0.148. The van der Waals surface area contributed by atoms with Crippen molar-refractivity contribution in [1.82, 2.24) is 5.32 Å². The molecule has 0 aromatic carbocycles. The van der Waals surface area contributed by atoms with Gasteiger partial charge in [0, 0.05) is 0 Å². The van der Waals surface area contributed by atoms with Gasteiger partial charge in [-0.2, -0.15) is 0 Å². The summed E-state index contributed by atoms with van der Waals surface area (Å²) in [6.07, 6.45) is 2.09. The van der Waals surface area contributed by atoms with Crippen molar-refractivity contribution in [3.8, 4) is 0 Å². The lowest BCUT2D eigenvalue weighted by Gasteiger charge is -2.06. The lowest BCUT2D eigenvalue weighted by molar-refractivity contribution is -0.142. The molecular formula is C10H21NO2. The van der Waals surface area contributed by atoms with E-state index in [1.165, 1.54) is 0 Å². The maximum absolute atomic E-state index is 11.0. The summed E-state index contributed by atoms with van der Waals surface area (Å²) in [4.78, 5) is 11.0. The van der Waals surface area contributed by atoms with Gasteiger partial charge in [-0.3, -0.25) is 4.79 Å². The third-order valence-electron chi connectivity index (χ3n) is 1.71. The second-order valence-electron chi connectivity index (χ2n) is 3.54. The van der Waals surface area contributed by atoms with Crippen LogP contribution in [-0.4, -0.2) is 25.7 Å². The summed E-state index contributed by atoms with van der Waals surface area (Å²) in [6, 6.07) is 0. The Labute approximate surface area is 80.8 Å². The second kappa shape index (κ2) is 8.05. The fourth-order valence-corrected chi connectivity index (χ4v) is 0.956. The third-order valence-corrected chi connectivity index (χ3v) is 1.71. The van der Waals surface area contributed by atoms with Gasteiger partial charge in [0.25, 0.3) is 0 Å². The van der Waals surface area contributed by atoms with Crippen molar-refractivity contribution in [1.29, 1.82) is 0 Å². The Morgan fingerprint density at radius 1 is 1.46 bits per heavy atom. The predicted octanol–water partition coefficient (Wildman–Crippen LogP) is 1.58. The Bertz CT molecular complexity index is 135. The van der Waals surface area contributed by atoms with Crippen molar-refractivity contribution in [3.05, 3.63) is 0 Å². The molecule has 0 heterocycles. The fraction of sp³-hybridized carbons (Fsp3) is 0.900. The minimum Gasteiger partial charge on any atom is -0.465 e. The highest BCUT2D eigenvalue weighted by Gasteiger charge is 2.00. The van der Waals surface area contributed by atoms with Crippen LogP contribution < -0.4 is 5.32 Å². The third kappa shape index (κ3) is 9.34. The molecule has 0 saturated carbocycles. The molecule has 0 bridgehead atoms. The quantitative estimate of drug-likeness (QED) is 0.485. The number of esters is 1. The van der Waals surface area contributed by atoms with Gasteiger partial charge in [-0.05, 0) is 25.3 Å². The summed E-state index contributed by atoms with van der Waals surface area (Å²) in [6.45, 7) is 7.99. The number of carbonyl (C=O) groups is 1. The van der Waals surface area contributed by atoms with E-state index in [0.717, 1.165) is 19.4 Å². The van der Waals surface area contributed by atoms with E-state index < -0.39 is 0 Å². The van der Waals surface area contributed by atoms with Crippen molar-refractivity contribution in [2.24, 2.45) is 5.92 Å². The van der Waals surface area contributed by atoms with Crippen molar-refractivity contribution in [3.63, 3.8) is 0 Å². The Morgan fingerprint density at radius 2 is 2.15 bits per heavy atom. The number of likely N-dealkylation sites (N-methyl/N-ethyl adjacent to an activating group) is 1. The highest BCUT2D eigenvalue weighted by Crippen LogP contribution is 2.02. The van der Waals surface area contributed by atoms with Gasteiger partial charge in [-0.1, -0.05) is 20.8 Å². The maximum atomic E-state index is 11.0. The molecule has 0 amide bonds. The lowest BCUT2D eigenvalue weighted by Crippen LogP contribution is -2.24. The first kappa shape index (κ1) is 12.4. The monoisotopic (exact) mass is 187 g/mol. The van der Waals surface area contributed by atoms with Crippen LogP contribution in [0.15, 0.2) is 0 Å². The normalized spacial score (nSPS) is 10.5. The highest BCUT2D eigenvalue weighted by atomic mass is 16.5. The SMILES string of the molecule is CCNCC(=O)OCCCC(C)C. The molecule has 13 heavy (non-hydrogen) atoms. The van der Waals surface area contributed by atoms with E-state index in [0.29, 0.717) is 19.1 Å². The predicted molar refractivity (Wildman–Crippen MR) is 53.6 cm³/mol. The van der Waals surface area contributed by atoms with Crippen LogP contribution in [0.3, 0.4) is 0 Å². The average Bonchev–Trinajstić information content (AvgIpc) is 2.08. The first-order chi connectivity index (χ1) is 6.16. The Morgan fingerprint density at radius 3 is 2.69 bits per heavy atom. The summed E-state index contributed by atoms with van der Waals surface area (Å²) in [5.41, 5.74) is 0. The Balaban J connectivity index is 3.17. The van der Waals surface area contributed by atoms with Gasteiger partial charge in [0.05, 0.1) is 13.2 Å². The van der Waals surface area contributed by atoms with E-state index in [9.17, 15) is 4.79 Å². The zero-order valence-corrected chi connectivity index (χ0v) is 8.93.